The van der Waals surface area contributed by atoms with Crippen LogP contribution in [0.5, 0.6) is 0 Å². The molecule has 0 atom stereocenters. The number of piperazine rings is 1. The van der Waals surface area contributed by atoms with E-state index in [0.717, 1.165) is 43.0 Å². The van der Waals surface area contributed by atoms with Gasteiger partial charge in [0.25, 0.3) is 0 Å². The molecule has 1 aliphatic rings. The zero-order chi connectivity index (χ0) is 26.4. The lowest BCUT2D eigenvalue weighted by atomic mass is 10.1. The van der Waals surface area contributed by atoms with Crippen LogP contribution in [0, 0.1) is 10.1 Å². The highest BCUT2D eigenvalue weighted by Gasteiger charge is 2.16. The number of rotatable bonds is 9. The highest BCUT2D eigenvalue weighted by atomic mass is 35.5. The number of nitro groups is 1. The number of hydrogen-bond acceptors (Lipinski definition) is 10. The molecule has 1 aliphatic heterocycles. The molecule has 0 aliphatic carbocycles. The summed E-state index contributed by atoms with van der Waals surface area (Å²) in [6.45, 7) is 6.74. The van der Waals surface area contributed by atoms with Gasteiger partial charge in [-0.1, -0.05) is 23.2 Å². The van der Waals surface area contributed by atoms with Gasteiger partial charge in [0, 0.05) is 73.4 Å². The highest BCUT2D eigenvalue weighted by Crippen LogP contribution is 2.33. The lowest BCUT2D eigenvalue weighted by Crippen LogP contribution is -2.42. The van der Waals surface area contributed by atoms with Gasteiger partial charge in [0.05, 0.1) is 15.6 Å². The molecule has 0 radical (unpaired) electrons. The lowest BCUT2D eigenvalue weighted by molar-refractivity contribution is -0.384. The second-order valence-corrected chi connectivity index (χ2v) is 9.20. The Morgan fingerprint density at radius 3 is 2.65 bits per heavy atom. The van der Waals surface area contributed by atoms with Crippen molar-refractivity contribution in [1.82, 2.24) is 25.2 Å². The van der Waals surface area contributed by atoms with Crippen LogP contribution in [0.3, 0.4) is 0 Å². The standard InChI is InChI=1S/C24H27Cl2N9O2/c1-15(34-10-8-28-9-11-34)12-16-14-31-24(33-22(16)18-3-2-17(25)13-19(18)26)30-7-6-29-21-5-4-20(35(36)37)23(27)32-21/h2-5,12-14,28H,6-11H2,1H3,(H3,27,29,32)(H,30,31,33)/b15-12+. The molecule has 194 valence electrons. The molecule has 0 bridgehead atoms. The van der Waals surface area contributed by atoms with Gasteiger partial charge in [0.2, 0.25) is 11.8 Å². The van der Waals surface area contributed by atoms with E-state index in [-0.39, 0.29) is 11.5 Å². The summed E-state index contributed by atoms with van der Waals surface area (Å²) in [5.41, 5.74) is 8.82. The first-order valence-corrected chi connectivity index (χ1v) is 12.4. The van der Waals surface area contributed by atoms with E-state index in [1.54, 1.807) is 18.3 Å². The van der Waals surface area contributed by atoms with E-state index in [9.17, 15) is 10.1 Å². The number of nitrogens with two attached hydrogens (primary N) is 1. The number of benzene rings is 1. The average molecular weight is 544 g/mol. The van der Waals surface area contributed by atoms with Crippen LogP contribution in [0.2, 0.25) is 10.0 Å². The van der Waals surface area contributed by atoms with Crippen LogP contribution < -0.4 is 21.7 Å². The number of nitrogens with zero attached hydrogens (tertiary/aromatic N) is 5. The molecule has 2 aromatic heterocycles. The van der Waals surface area contributed by atoms with Crippen molar-refractivity contribution in [2.75, 3.05) is 55.6 Å². The summed E-state index contributed by atoms with van der Waals surface area (Å²) in [7, 11) is 0. The molecule has 1 fully saturated rings. The zero-order valence-electron chi connectivity index (χ0n) is 20.2. The fourth-order valence-electron chi connectivity index (χ4n) is 3.90. The van der Waals surface area contributed by atoms with Crippen molar-refractivity contribution in [3.05, 3.63) is 67.9 Å². The van der Waals surface area contributed by atoms with Crippen LogP contribution in [0.25, 0.3) is 17.3 Å². The predicted octanol–water partition coefficient (Wildman–Crippen LogP) is 4.13. The largest absolute Gasteiger partial charge is 0.378 e. The van der Waals surface area contributed by atoms with Gasteiger partial charge in [-0.3, -0.25) is 10.1 Å². The van der Waals surface area contributed by atoms with E-state index in [4.69, 9.17) is 33.9 Å². The smallest absolute Gasteiger partial charge is 0.311 e. The minimum Gasteiger partial charge on any atom is -0.378 e. The van der Waals surface area contributed by atoms with E-state index in [1.807, 2.05) is 6.07 Å². The van der Waals surface area contributed by atoms with Crippen molar-refractivity contribution in [2.24, 2.45) is 0 Å². The molecule has 1 saturated heterocycles. The molecule has 0 saturated carbocycles. The Morgan fingerprint density at radius 1 is 1.19 bits per heavy atom. The summed E-state index contributed by atoms with van der Waals surface area (Å²) in [6.07, 6.45) is 3.84. The summed E-state index contributed by atoms with van der Waals surface area (Å²) in [6, 6.07) is 8.14. The molecule has 11 nitrogen and oxygen atoms in total. The van der Waals surface area contributed by atoms with E-state index in [2.05, 4.69) is 43.8 Å². The minimum atomic E-state index is -0.570. The van der Waals surface area contributed by atoms with Crippen molar-refractivity contribution in [1.29, 1.82) is 0 Å². The molecule has 0 spiro atoms. The number of halogens is 2. The van der Waals surface area contributed by atoms with E-state index >= 15 is 0 Å². The second-order valence-electron chi connectivity index (χ2n) is 8.36. The van der Waals surface area contributed by atoms with Crippen molar-refractivity contribution in [3.8, 4) is 11.3 Å². The molecule has 0 amide bonds. The topological polar surface area (TPSA) is 147 Å². The second kappa shape index (κ2) is 12.0. The van der Waals surface area contributed by atoms with Gasteiger partial charge in [-0.25, -0.2) is 15.0 Å². The number of hydrogen-bond donors (Lipinski definition) is 4. The number of pyridine rings is 1. The zero-order valence-corrected chi connectivity index (χ0v) is 21.7. The fourth-order valence-corrected chi connectivity index (χ4v) is 4.40. The first-order valence-electron chi connectivity index (χ1n) is 11.7. The monoisotopic (exact) mass is 543 g/mol. The van der Waals surface area contributed by atoms with Gasteiger partial charge in [0.15, 0.2) is 0 Å². The van der Waals surface area contributed by atoms with Gasteiger partial charge < -0.3 is 26.6 Å². The molecule has 3 aromatic rings. The maximum atomic E-state index is 10.9. The quantitative estimate of drug-likeness (QED) is 0.176. The van der Waals surface area contributed by atoms with Crippen LogP contribution in [0.4, 0.5) is 23.3 Å². The third kappa shape index (κ3) is 6.76. The molecular formula is C24H27Cl2N9O2. The van der Waals surface area contributed by atoms with Crippen LogP contribution in [0.15, 0.2) is 42.2 Å². The van der Waals surface area contributed by atoms with Crippen LogP contribution in [-0.2, 0) is 0 Å². The molecule has 3 heterocycles. The Bertz CT molecular complexity index is 1310. The number of anilines is 3. The average Bonchev–Trinajstić information content (AvgIpc) is 2.88. The Hall–Kier alpha value is -3.67. The summed E-state index contributed by atoms with van der Waals surface area (Å²) in [5, 5.41) is 21.6. The van der Waals surface area contributed by atoms with Crippen LogP contribution >= 0.6 is 23.2 Å². The predicted molar refractivity (Wildman–Crippen MR) is 148 cm³/mol. The first-order chi connectivity index (χ1) is 17.8. The molecule has 37 heavy (non-hydrogen) atoms. The minimum absolute atomic E-state index is 0.143. The Balaban J connectivity index is 1.50. The number of nitrogens with one attached hydrogen (secondary N) is 3. The number of nitrogen functional groups attached to an aromatic ring is 1. The summed E-state index contributed by atoms with van der Waals surface area (Å²) >= 11 is 12.7. The number of aromatic nitrogens is 3. The Morgan fingerprint density at radius 2 is 1.95 bits per heavy atom. The normalized spacial score (nSPS) is 13.9. The maximum Gasteiger partial charge on any atom is 0.311 e. The van der Waals surface area contributed by atoms with E-state index in [1.165, 1.54) is 12.1 Å². The Kier molecular flexibility index (Phi) is 8.59. The van der Waals surface area contributed by atoms with Gasteiger partial charge in [-0.15, -0.1) is 0 Å². The van der Waals surface area contributed by atoms with Crippen molar-refractivity contribution in [2.45, 2.75) is 6.92 Å². The van der Waals surface area contributed by atoms with Gasteiger partial charge in [-0.05, 0) is 37.3 Å². The molecule has 0 unspecified atom stereocenters. The fraction of sp³-hybridized carbons (Fsp3) is 0.292. The SMILES string of the molecule is C/C(=C\c1cnc(NCCNc2ccc([N+](=O)[O-])c(N)n2)nc1-c1ccc(Cl)cc1Cl)N1CCNCC1. The van der Waals surface area contributed by atoms with E-state index in [0.29, 0.717) is 40.6 Å². The van der Waals surface area contributed by atoms with Crippen molar-refractivity contribution in [3.63, 3.8) is 0 Å². The van der Waals surface area contributed by atoms with Crippen LogP contribution in [0.1, 0.15) is 12.5 Å². The third-order valence-electron chi connectivity index (χ3n) is 5.80. The molecular weight excluding hydrogens is 517 g/mol. The van der Waals surface area contributed by atoms with Gasteiger partial charge in [0.1, 0.15) is 5.82 Å². The molecule has 5 N–H and O–H groups in total. The lowest BCUT2D eigenvalue weighted by Gasteiger charge is -2.30. The van der Waals surface area contributed by atoms with Crippen LogP contribution in [-0.4, -0.2) is 64.0 Å². The molecule has 13 heteroatoms. The van der Waals surface area contributed by atoms with E-state index < -0.39 is 4.92 Å². The van der Waals surface area contributed by atoms with Crippen molar-refractivity contribution < 1.29 is 4.92 Å². The summed E-state index contributed by atoms with van der Waals surface area (Å²) < 4.78 is 0. The number of allylic oxidation sites excluding steroid dienone is 1. The van der Waals surface area contributed by atoms with Gasteiger partial charge >= 0.3 is 5.69 Å². The molecule has 1 aromatic carbocycles. The summed E-state index contributed by atoms with van der Waals surface area (Å²) in [4.78, 5) is 25.9. The Labute approximate surface area is 224 Å². The maximum absolute atomic E-state index is 10.9. The van der Waals surface area contributed by atoms with Crippen molar-refractivity contribution >= 4 is 52.5 Å². The first kappa shape index (κ1) is 26.4. The third-order valence-corrected chi connectivity index (χ3v) is 6.34. The molecule has 4 rings (SSSR count). The van der Waals surface area contributed by atoms with Gasteiger partial charge in [-0.2, -0.15) is 0 Å². The highest BCUT2D eigenvalue weighted by molar-refractivity contribution is 6.36. The summed E-state index contributed by atoms with van der Waals surface area (Å²) in [5.74, 6) is 0.717.